The van der Waals surface area contributed by atoms with Gasteiger partial charge in [-0.15, -0.1) is 0 Å². The fraction of sp³-hybridized carbons (Fsp3) is 0.909. The highest BCUT2D eigenvalue weighted by Gasteiger charge is 2.14. The van der Waals surface area contributed by atoms with Crippen molar-refractivity contribution < 1.29 is 9.90 Å². The number of hydrogen-bond acceptors (Lipinski definition) is 2. The lowest BCUT2D eigenvalue weighted by molar-refractivity contribution is -0.138. The highest BCUT2D eigenvalue weighted by atomic mass is 16.4. The van der Waals surface area contributed by atoms with Crippen LogP contribution in [0.3, 0.4) is 0 Å². The lowest BCUT2D eigenvalue weighted by Gasteiger charge is -2.17. The van der Waals surface area contributed by atoms with Crippen LogP contribution in [0.25, 0.3) is 0 Å². The Bertz CT molecular complexity index is 159. The normalized spacial score (nSPS) is 15.1. The molecule has 0 fully saturated rings. The first-order valence-corrected chi connectivity index (χ1v) is 5.52. The number of aliphatic carboxylic acids is 1. The fourth-order valence-electron chi connectivity index (χ4n) is 1.75. The van der Waals surface area contributed by atoms with E-state index >= 15 is 0 Å². The van der Waals surface area contributed by atoms with Gasteiger partial charge in [-0.2, -0.15) is 0 Å². The lowest BCUT2D eigenvalue weighted by atomic mass is 9.90. The number of carboxylic acids is 1. The lowest BCUT2D eigenvalue weighted by Crippen LogP contribution is -2.20. The summed E-state index contributed by atoms with van der Waals surface area (Å²) in [5, 5.41) is 8.65. The molecule has 0 aliphatic carbocycles. The first kappa shape index (κ1) is 13.4. The van der Waals surface area contributed by atoms with Crippen molar-refractivity contribution in [2.75, 3.05) is 6.54 Å². The van der Waals surface area contributed by atoms with Crippen LogP contribution in [-0.4, -0.2) is 17.6 Å². The third-order valence-corrected chi connectivity index (χ3v) is 2.58. The summed E-state index contributed by atoms with van der Waals surface area (Å²) >= 11 is 0. The molecule has 0 aliphatic rings. The Balaban J connectivity index is 3.73. The zero-order valence-corrected chi connectivity index (χ0v) is 9.33. The van der Waals surface area contributed by atoms with Gasteiger partial charge in [0.05, 0.1) is 0 Å². The highest BCUT2D eigenvalue weighted by Crippen LogP contribution is 2.19. The topological polar surface area (TPSA) is 63.3 Å². The van der Waals surface area contributed by atoms with E-state index in [9.17, 15) is 4.79 Å². The van der Waals surface area contributed by atoms with E-state index < -0.39 is 5.97 Å². The van der Waals surface area contributed by atoms with Crippen LogP contribution in [-0.2, 0) is 4.79 Å². The van der Waals surface area contributed by atoms with Gasteiger partial charge in [-0.25, -0.2) is 0 Å². The number of carbonyl (C=O) groups is 1. The molecule has 3 N–H and O–H groups in total. The van der Waals surface area contributed by atoms with Gasteiger partial charge in [-0.1, -0.05) is 33.1 Å². The molecule has 0 saturated carbocycles. The SMILES string of the molecule is CCCC[C@@H](C)CC(CN)CC(=O)O. The molecule has 0 saturated heterocycles. The van der Waals surface area contributed by atoms with Crippen LogP contribution in [0.2, 0.25) is 0 Å². The van der Waals surface area contributed by atoms with Crippen molar-refractivity contribution in [2.24, 2.45) is 17.6 Å². The minimum atomic E-state index is -0.733. The molecule has 0 bridgehead atoms. The smallest absolute Gasteiger partial charge is 0.303 e. The molecule has 0 aromatic carbocycles. The Morgan fingerprint density at radius 1 is 1.50 bits per heavy atom. The van der Waals surface area contributed by atoms with Gasteiger partial charge in [0.15, 0.2) is 0 Å². The number of carboxylic acid groups (broad SMARTS) is 1. The first-order valence-electron chi connectivity index (χ1n) is 5.52. The predicted octanol–water partition coefficient (Wildman–Crippen LogP) is 2.25. The maximum absolute atomic E-state index is 10.5. The number of hydrogen-bond donors (Lipinski definition) is 2. The summed E-state index contributed by atoms with van der Waals surface area (Å²) in [6, 6.07) is 0. The summed E-state index contributed by atoms with van der Waals surface area (Å²) in [7, 11) is 0. The van der Waals surface area contributed by atoms with Gasteiger partial charge >= 0.3 is 5.97 Å². The molecule has 1 unspecified atom stereocenters. The van der Waals surface area contributed by atoms with E-state index in [4.69, 9.17) is 10.8 Å². The molecule has 3 nitrogen and oxygen atoms in total. The predicted molar refractivity (Wildman–Crippen MR) is 58.1 cm³/mol. The van der Waals surface area contributed by atoms with Crippen LogP contribution in [0.15, 0.2) is 0 Å². The van der Waals surface area contributed by atoms with E-state index in [-0.39, 0.29) is 12.3 Å². The summed E-state index contributed by atoms with van der Waals surface area (Å²) in [5.74, 6) is 0.0188. The molecule has 0 radical (unpaired) electrons. The highest BCUT2D eigenvalue weighted by molar-refractivity contribution is 5.67. The Labute approximate surface area is 86.7 Å². The van der Waals surface area contributed by atoms with Crippen LogP contribution in [0, 0.1) is 11.8 Å². The van der Waals surface area contributed by atoms with Crippen LogP contribution < -0.4 is 5.73 Å². The average molecular weight is 201 g/mol. The second kappa shape index (κ2) is 7.80. The molecule has 0 rings (SSSR count). The molecule has 14 heavy (non-hydrogen) atoms. The van der Waals surface area contributed by atoms with Gasteiger partial charge < -0.3 is 10.8 Å². The molecule has 0 heterocycles. The van der Waals surface area contributed by atoms with E-state index in [0.29, 0.717) is 12.5 Å². The monoisotopic (exact) mass is 201 g/mol. The first-order chi connectivity index (χ1) is 6.60. The van der Waals surface area contributed by atoms with Gasteiger partial charge in [-0.3, -0.25) is 4.79 Å². The van der Waals surface area contributed by atoms with Crippen molar-refractivity contribution in [1.82, 2.24) is 0 Å². The third kappa shape index (κ3) is 6.89. The van der Waals surface area contributed by atoms with Crippen molar-refractivity contribution in [3.63, 3.8) is 0 Å². The third-order valence-electron chi connectivity index (χ3n) is 2.58. The summed E-state index contributed by atoms with van der Waals surface area (Å²) in [4.78, 5) is 10.5. The standard InChI is InChI=1S/C11H23NO2/c1-3-4-5-9(2)6-10(8-12)7-11(13)14/h9-10H,3-8,12H2,1-2H3,(H,13,14)/t9-,10?/m1/s1. The molecule has 0 aliphatic heterocycles. The van der Waals surface area contributed by atoms with E-state index in [1.54, 1.807) is 0 Å². The Morgan fingerprint density at radius 3 is 2.57 bits per heavy atom. The summed E-state index contributed by atoms with van der Waals surface area (Å²) < 4.78 is 0. The zero-order valence-electron chi connectivity index (χ0n) is 9.33. The van der Waals surface area contributed by atoms with E-state index in [1.165, 1.54) is 19.3 Å². The Morgan fingerprint density at radius 2 is 2.14 bits per heavy atom. The Hall–Kier alpha value is -0.570. The van der Waals surface area contributed by atoms with Crippen molar-refractivity contribution in [3.05, 3.63) is 0 Å². The minimum absolute atomic E-state index is 0.152. The summed E-state index contributed by atoms with van der Waals surface area (Å²) in [6.07, 6.45) is 4.78. The van der Waals surface area contributed by atoms with Gasteiger partial charge in [0.1, 0.15) is 0 Å². The second-order valence-electron chi connectivity index (χ2n) is 4.18. The Kier molecular flexibility index (Phi) is 7.48. The van der Waals surface area contributed by atoms with Crippen molar-refractivity contribution in [1.29, 1.82) is 0 Å². The van der Waals surface area contributed by atoms with E-state index in [2.05, 4.69) is 13.8 Å². The minimum Gasteiger partial charge on any atom is -0.481 e. The average Bonchev–Trinajstić information content (AvgIpc) is 2.12. The molecule has 0 aromatic rings. The molecule has 2 atom stereocenters. The largest absolute Gasteiger partial charge is 0.481 e. The van der Waals surface area contributed by atoms with Gasteiger partial charge in [-0.05, 0) is 24.8 Å². The fourth-order valence-corrected chi connectivity index (χ4v) is 1.75. The summed E-state index contributed by atoms with van der Waals surface area (Å²) in [5.41, 5.74) is 5.53. The molecular formula is C11H23NO2. The van der Waals surface area contributed by atoms with Gasteiger partial charge in [0, 0.05) is 6.42 Å². The number of unbranched alkanes of at least 4 members (excludes halogenated alkanes) is 1. The molecule has 0 spiro atoms. The van der Waals surface area contributed by atoms with Crippen LogP contribution in [0.4, 0.5) is 0 Å². The van der Waals surface area contributed by atoms with Gasteiger partial charge in [0.2, 0.25) is 0 Å². The summed E-state index contributed by atoms with van der Waals surface area (Å²) in [6.45, 7) is 4.84. The van der Waals surface area contributed by atoms with E-state index in [1.807, 2.05) is 0 Å². The van der Waals surface area contributed by atoms with Crippen LogP contribution in [0.1, 0.15) is 46.0 Å². The van der Waals surface area contributed by atoms with Crippen molar-refractivity contribution in [2.45, 2.75) is 46.0 Å². The molecule has 0 amide bonds. The van der Waals surface area contributed by atoms with E-state index in [0.717, 1.165) is 6.42 Å². The quantitative estimate of drug-likeness (QED) is 0.633. The number of nitrogens with two attached hydrogens (primary N) is 1. The number of rotatable bonds is 8. The van der Waals surface area contributed by atoms with Crippen molar-refractivity contribution >= 4 is 5.97 Å². The maximum Gasteiger partial charge on any atom is 0.303 e. The van der Waals surface area contributed by atoms with Crippen LogP contribution >= 0.6 is 0 Å². The van der Waals surface area contributed by atoms with Crippen molar-refractivity contribution in [3.8, 4) is 0 Å². The molecule has 0 aromatic heterocycles. The molecular weight excluding hydrogens is 178 g/mol. The van der Waals surface area contributed by atoms with Crippen LogP contribution in [0.5, 0.6) is 0 Å². The molecule has 84 valence electrons. The maximum atomic E-state index is 10.5. The zero-order chi connectivity index (χ0) is 11.0. The second-order valence-corrected chi connectivity index (χ2v) is 4.18. The molecule has 3 heteroatoms. The van der Waals surface area contributed by atoms with Gasteiger partial charge in [0.25, 0.3) is 0 Å².